The van der Waals surface area contributed by atoms with Gasteiger partial charge in [-0.05, 0) is 25.0 Å². The van der Waals surface area contributed by atoms with Gasteiger partial charge in [0, 0.05) is 6.54 Å². The van der Waals surface area contributed by atoms with E-state index in [4.69, 9.17) is 10.5 Å². The standard InChI is InChI=1S/C14H19N3O2/c15-12-5-3-4-11(16-12)13(18)17-8-9-19-14(10-17)6-1-2-7-14/h3-5H,1-2,6-10H2,(H2,15,16). The highest BCUT2D eigenvalue weighted by atomic mass is 16.5. The van der Waals surface area contributed by atoms with Crippen molar-refractivity contribution in [2.45, 2.75) is 31.3 Å². The molecular weight excluding hydrogens is 242 g/mol. The predicted octanol–water partition coefficient (Wildman–Crippen LogP) is 1.45. The lowest BCUT2D eigenvalue weighted by Crippen LogP contribution is -2.52. The number of nitrogens with zero attached hydrogens (tertiary/aromatic N) is 2. The van der Waals surface area contributed by atoms with E-state index in [9.17, 15) is 4.79 Å². The third-order valence-corrected chi connectivity index (χ3v) is 4.04. The van der Waals surface area contributed by atoms with Gasteiger partial charge in [0.1, 0.15) is 11.5 Å². The Morgan fingerprint density at radius 3 is 2.89 bits per heavy atom. The summed E-state index contributed by atoms with van der Waals surface area (Å²) in [7, 11) is 0. The molecule has 0 bridgehead atoms. The van der Waals surface area contributed by atoms with E-state index in [0.29, 0.717) is 31.2 Å². The molecule has 0 aromatic carbocycles. The van der Waals surface area contributed by atoms with Crippen molar-refractivity contribution in [3.63, 3.8) is 0 Å². The minimum atomic E-state index is -0.103. The molecule has 1 amide bonds. The second kappa shape index (κ2) is 4.81. The van der Waals surface area contributed by atoms with Gasteiger partial charge in [-0.1, -0.05) is 18.9 Å². The molecule has 1 saturated heterocycles. The summed E-state index contributed by atoms with van der Waals surface area (Å²) in [5.74, 6) is 0.344. The average molecular weight is 261 g/mol. The molecule has 5 heteroatoms. The molecular formula is C14H19N3O2. The number of pyridine rings is 1. The fraction of sp³-hybridized carbons (Fsp3) is 0.571. The molecule has 1 aromatic rings. The number of anilines is 1. The fourth-order valence-corrected chi connectivity index (χ4v) is 3.07. The molecule has 1 aromatic heterocycles. The van der Waals surface area contributed by atoms with Crippen LogP contribution in [0, 0.1) is 0 Å². The van der Waals surface area contributed by atoms with Crippen molar-refractivity contribution in [1.29, 1.82) is 0 Å². The number of ether oxygens (including phenoxy) is 1. The van der Waals surface area contributed by atoms with E-state index >= 15 is 0 Å². The fourth-order valence-electron chi connectivity index (χ4n) is 3.07. The number of hydrogen-bond acceptors (Lipinski definition) is 4. The van der Waals surface area contributed by atoms with Crippen molar-refractivity contribution in [2.24, 2.45) is 0 Å². The molecule has 0 atom stereocenters. The number of nitrogens with two attached hydrogens (primary N) is 1. The van der Waals surface area contributed by atoms with E-state index in [1.54, 1.807) is 18.2 Å². The van der Waals surface area contributed by atoms with Crippen LogP contribution in [0.15, 0.2) is 18.2 Å². The molecule has 0 radical (unpaired) electrons. The highest BCUT2D eigenvalue weighted by Crippen LogP contribution is 2.36. The largest absolute Gasteiger partial charge is 0.384 e. The Bertz CT molecular complexity index is 483. The van der Waals surface area contributed by atoms with E-state index in [1.807, 2.05) is 4.90 Å². The van der Waals surface area contributed by atoms with Gasteiger partial charge in [-0.25, -0.2) is 4.98 Å². The molecule has 19 heavy (non-hydrogen) atoms. The zero-order chi connectivity index (χ0) is 13.3. The lowest BCUT2D eigenvalue weighted by Gasteiger charge is -2.40. The molecule has 0 unspecified atom stereocenters. The molecule has 1 spiro atoms. The Hall–Kier alpha value is -1.62. The molecule has 2 N–H and O–H groups in total. The molecule has 2 heterocycles. The summed E-state index contributed by atoms with van der Waals surface area (Å²) < 4.78 is 5.93. The maximum absolute atomic E-state index is 12.4. The van der Waals surface area contributed by atoms with E-state index < -0.39 is 0 Å². The molecule has 1 aliphatic heterocycles. The number of aromatic nitrogens is 1. The van der Waals surface area contributed by atoms with Crippen LogP contribution in [0.3, 0.4) is 0 Å². The third-order valence-electron chi connectivity index (χ3n) is 4.04. The van der Waals surface area contributed by atoms with E-state index in [2.05, 4.69) is 4.98 Å². The highest BCUT2D eigenvalue weighted by molar-refractivity contribution is 5.92. The van der Waals surface area contributed by atoms with E-state index in [1.165, 1.54) is 12.8 Å². The first kappa shape index (κ1) is 12.4. The molecule has 2 aliphatic rings. The Morgan fingerprint density at radius 1 is 1.37 bits per heavy atom. The first-order valence-corrected chi connectivity index (χ1v) is 6.84. The molecule has 1 saturated carbocycles. The zero-order valence-corrected chi connectivity index (χ0v) is 11.0. The van der Waals surface area contributed by atoms with Gasteiger partial charge < -0.3 is 15.4 Å². The molecule has 5 nitrogen and oxygen atoms in total. The maximum Gasteiger partial charge on any atom is 0.272 e. The van der Waals surface area contributed by atoms with Crippen molar-refractivity contribution < 1.29 is 9.53 Å². The second-order valence-electron chi connectivity index (χ2n) is 5.41. The first-order valence-electron chi connectivity index (χ1n) is 6.84. The summed E-state index contributed by atoms with van der Waals surface area (Å²) in [5.41, 5.74) is 5.96. The Balaban J connectivity index is 1.76. The van der Waals surface area contributed by atoms with Crippen LogP contribution in [0.5, 0.6) is 0 Å². The lowest BCUT2D eigenvalue weighted by atomic mass is 9.99. The van der Waals surface area contributed by atoms with Crippen LogP contribution >= 0.6 is 0 Å². The molecule has 3 rings (SSSR count). The van der Waals surface area contributed by atoms with E-state index in [-0.39, 0.29) is 11.5 Å². The van der Waals surface area contributed by atoms with Gasteiger partial charge in [-0.2, -0.15) is 0 Å². The summed E-state index contributed by atoms with van der Waals surface area (Å²) in [5, 5.41) is 0. The van der Waals surface area contributed by atoms with Gasteiger partial charge in [-0.15, -0.1) is 0 Å². The van der Waals surface area contributed by atoms with Gasteiger partial charge in [0.05, 0.1) is 18.8 Å². The molecule has 1 aliphatic carbocycles. The van der Waals surface area contributed by atoms with Gasteiger partial charge in [0.25, 0.3) is 5.91 Å². The lowest BCUT2D eigenvalue weighted by molar-refractivity contribution is -0.0949. The number of amides is 1. The van der Waals surface area contributed by atoms with Crippen molar-refractivity contribution in [1.82, 2.24) is 9.88 Å². The van der Waals surface area contributed by atoms with Gasteiger partial charge in [-0.3, -0.25) is 4.79 Å². The number of nitrogen functional groups attached to an aromatic ring is 1. The topological polar surface area (TPSA) is 68.5 Å². The third kappa shape index (κ3) is 2.42. The first-order chi connectivity index (χ1) is 9.19. The Morgan fingerprint density at radius 2 is 2.16 bits per heavy atom. The van der Waals surface area contributed by atoms with Gasteiger partial charge in [0.2, 0.25) is 0 Å². The van der Waals surface area contributed by atoms with E-state index in [0.717, 1.165) is 12.8 Å². The predicted molar refractivity (Wildman–Crippen MR) is 71.7 cm³/mol. The van der Waals surface area contributed by atoms with Gasteiger partial charge >= 0.3 is 0 Å². The van der Waals surface area contributed by atoms with Crippen LogP contribution in [0.1, 0.15) is 36.2 Å². The second-order valence-corrected chi connectivity index (χ2v) is 5.41. The van der Waals surface area contributed by atoms with Crippen molar-refractivity contribution in [2.75, 3.05) is 25.4 Å². The summed E-state index contributed by atoms with van der Waals surface area (Å²) in [6, 6.07) is 5.17. The monoisotopic (exact) mass is 261 g/mol. The normalized spacial score (nSPS) is 21.8. The SMILES string of the molecule is Nc1cccc(C(=O)N2CCOC3(CCCC3)C2)n1. The van der Waals surface area contributed by atoms with Crippen LogP contribution in [0.25, 0.3) is 0 Å². The smallest absolute Gasteiger partial charge is 0.272 e. The van der Waals surface area contributed by atoms with Crippen molar-refractivity contribution >= 4 is 11.7 Å². The van der Waals surface area contributed by atoms with Crippen LogP contribution in [0.4, 0.5) is 5.82 Å². The molecule has 102 valence electrons. The number of morpholine rings is 1. The average Bonchev–Trinajstić information content (AvgIpc) is 2.86. The van der Waals surface area contributed by atoms with Crippen LogP contribution in [-0.4, -0.2) is 41.1 Å². The van der Waals surface area contributed by atoms with Crippen LogP contribution < -0.4 is 5.73 Å². The maximum atomic E-state index is 12.4. The van der Waals surface area contributed by atoms with Crippen LogP contribution in [-0.2, 0) is 4.74 Å². The Labute approximate surface area is 112 Å². The quantitative estimate of drug-likeness (QED) is 0.830. The zero-order valence-electron chi connectivity index (χ0n) is 11.0. The van der Waals surface area contributed by atoms with Gasteiger partial charge in [0.15, 0.2) is 0 Å². The van der Waals surface area contributed by atoms with Crippen LogP contribution in [0.2, 0.25) is 0 Å². The Kier molecular flexibility index (Phi) is 3.14. The highest BCUT2D eigenvalue weighted by Gasteiger charge is 2.40. The summed E-state index contributed by atoms with van der Waals surface area (Å²) >= 11 is 0. The number of hydrogen-bond donors (Lipinski definition) is 1. The summed E-state index contributed by atoms with van der Waals surface area (Å²) in [6.45, 7) is 1.94. The summed E-state index contributed by atoms with van der Waals surface area (Å²) in [6.07, 6.45) is 4.50. The molecule has 2 fully saturated rings. The van der Waals surface area contributed by atoms with Crippen molar-refractivity contribution in [3.05, 3.63) is 23.9 Å². The minimum absolute atomic E-state index is 0.0399. The van der Waals surface area contributed by atoms with Crippen molar-refractivity contribution in [3.8, 4) is 0 Å². The minimum Gasteiger partial charge on any atom is -0.384 e. The number of carbonyl (C=O) groups excluding carboxylic acids is 1. The summed E-state index contributed by atoms with van der Waals surface area (Å²) in [4.78, 5) is 18.4. The number of carbonyl (C=O) groups is 1. The number of rotatable bonds is 1.